The Hall–Kier alpha value is -4.61. The average Bonchev–Trinajstić information content (AvgIpc) is 3.09. The van der Waals surface area contributed by atoms with Gasteiger partial charge in [0.15, 0.2) is 0 Å². The Morgan fingerprint density at radius 2 is 1.73 bits per heavy atom. The smallest absolute Gasteiger partial charge is 0.410 e. The van der Waals surface area contributed by atoms with Gasteiger partial charge in [-0.3, -0.25) is 4.90 Å². The highest BCUT2D eigenvalue weighted by atomic mass is 16.6. The number of fused-ring (bicyclic) bond motifs is 2. The van der Waals surface area contributed by atoms with Crippen LogP contribution in [-0.2, 0) is 24.3 Å². The third kappa shape index (κ3) is 8.34. The Morgan fingerprint density at radius 3 is 2.49 bits per heavy atom. The molecule has 0 saturated carbocycles. The number of ether oxygens (including phenoxy) is 3. The minimum atomic E-state index is -0.622. The lowest BCUT2D eigenvalue weighted by atomic mass is 10.0. The summed E-state index contributed by atoms with van der Waals surface area (Å²) in [6.45, 7) is 9.73. The van der Waals surface area contributed by atoms with E-state index in [1.165, 1.54) is 0 Å². The van der Waals surface area contributed by atoms with Gasteiger partial charge in [-0.15, -0.1) is 0 Å². The van der Waals surface area contributed by atoms with Crippen LogP contribution in [0.25, 0.3) is 10.8 Å². The number of hydrogen-bond acceptors (Lipinski definition) is 10. The van der Waals surface area contributed by atoms with Gasteiger partial charge in [-0.05, 0) is 58.3 Å². The fourth-order valence-electron chi connectivity index (χ4n) is 6.35. The van der Waals surface area contributed by atoms with Crippen molar-refractivity contribution in [3.8, 4) is 11.8 Å². The molecule has 2 aliphatic rings. The molecule has 260 valence electrons. The number of rotatable bonds is 10. The second-order valence-corrected chi connectivity index (χ2v) is 14.0. The van der Waals surface area contributed by atoms with Crippen molar-refractivity contribution in [3.63, 3.8) is 0 Å². The van der Waals surface area contributed by atoms with Crippen molar-refractivity contribution < 1.29 is 24.1 Å². The van der Waals surface area contributed by atoms with E-state index in [-0.39, 0.29) is 6.61 Å². The topological polar surface area (TPSA) is 104 Å². The second kappa shape index (κ2) is 14.9. The summed E-state index contributed by atoms with van der Waals surface area (Å²) in [4.78, 5) is 31.1. The molecule has 2 aliphatic heterocycles. The molecule has 0 spiro atoms. The quantitative estimate of drug-likeness (QED) is 0.245. The van der Waals surface area contributed by atoms with Crippen LogP contribution in [0.15, 0.2) is 66.7 Å². The van der Waals surface area contributed by atoms with Gasteiger partial charge in [0.2, 0.25) is 0 Å². The summed E-state index contributed by atoms with van der Waals surface area (Å²) in [7, 11) is 4.00. The van der Waals surface area contributed by atoms with Gasteiger partial charge in [-0.1, -0.05) is 54.6 Å². The first-order valence-corrected chi connectivity index (χ1v) is 17.0. The van der Waals surface area contributed by atoms with Gasteiger partial charge in [0.05, 0.1) is 24.9 Å². The van der Waals surface area contributed by atoms with Crippen molar-refractivity contribution in [1.82, 2.24) is 19.8 Å². The number of hydrogen-bond donors (Lipinski definition) is 1. The van der Waals surface area contributed by atoms with Gasteiger partial charge in [-0.25, -0.2) is 4.79 Å². The summed E-state index contributed by atoms with van der Waals surface area (Å²) in [6, 6.07) is 22.7. The molecule has 3 aromatic carbocycles. The molecule has 1 aromatic heterocycles. The Kier molecular flexibility index (Phi) is 10.4. The molecule has 1 N–H and O–H groups in total. The summed E-state index contributed by atoms with van der Waals surface area (Å²) in [6.07, 6.45) is 0.309. The van der Waals surface area contributed by atoms with Crippen LogP contribution in [-0.4, -0.2) is 103 Å². The van der Waals surface area contributed by atoms with Crippen molar-refractivity contribution >= 4 is 28.4 Å². The van der Waals surface area contributed by atoms with E-state index >= 15 is 0 Å². The zero-order chi connectivity index (χ0) is 34.5. The zero-order valence-electron chi connectivity index (χ0n) is 29.3. The lowest BCUT2D eigenvalue weighted by Crippen LogP contribution is -2.58. The molecule has 0 radical (unpaired) electrons. The highest BCUT2D eigenvalue weighted by molar-refractivity contribution is 5.95. The van der Waals surface area contributed by atoms with Crippen molar-refractivity contribution in [2.24, 2.45) is 0 Å². The molecule has 3 heterocycles. The lowest BCUT2D eigenvalue weighted by molar-refractivity contribution is 0.00696. The molecular formula is C38H48N6O5. The molecule has 1 amide bonds. The Morgan fingerprint density at radius 1 is 0.959 bits per heavy atom. The number of carbonyl (C=O) groups excluding carboxylic acids is 1. The number of aliphatic hydroxyl groups is 1. The maximum Gasteiger partial charge on any atom is 0.410 e. The number of anilines is 2. The Labute approximate surface area is 289 Å². The SMILES string of the molecule is CN(C)CCOc1nc2c(c(N3CCN(C(=O)OC(C)(C)C)C(CO)C3)n1)CCN(c1cc(OCc3ccccc3)cc3ccccc13)C2. The molecule has 6 rings (SSSR count). The van der Waals surface area contributed by atoms with E-state index in [2.05, 4.69) is 63.2 Å². The van der Waals surface area contributed by atoms with Gasteiger partial charge >= 0.3 is 12.1 Å². The maximum absolute atomic E-state index is 13.0. The number of likely N-dealkylation sites (N-methyl/N-ethyl adjacent to an activating group) is 1. The van der Waals surface area contributed by atoms with Crippen LogP contribution < -0.4 is 19.3 Å². The molecule has 4 aromatic rings. The van der Waals surface area contributed by atoms with Gasteiger partial charge in [-0.2, -0.15) is 9.97 Å². The van der Waals surface area contributed by atoms with Gasteiger partial charge < -0.3 is 34.0 Å². The van der Waals surface area contributed by atoms with Gasteiger partial charge in [0.25, 0.3) is 0 Å². The number of amides is 1. The number of carbonyl (C=O) groups is 1. The predicted molar refractivity (Wildman–Crippen MR) is 192 cm³/mol. The van der Waals surface area contributed by atoms with Crippen LogP contribution in [0, 0.1) is 0 Å². The zero-order valence-corrected chi connectivity index (χ0v) is 29.3. The third-order valence-corrected chi connectivity index (χ3v) is 8.82. The largest absolute Gasteiger partial charge is 0.489 e. The molecule has 11 nitrogen and oxygen atoms in total. The van der Waals surface area contributed by atoms with E-state index in [1.807, 2.05) is 53.1 Å². The molecule has 1 unspecified atom stereocenters. The molecule has 11 heteroatoms. The van der Waals surface area contributed by atoms with Crippen LogP contribution in [0.2, 0.25) is 0 Å². The summed E-state index contributed by atoms with van der Waals surface area (Å²) in [5.74, 6) is 1.62. The molecule has 0 bridgehead atoms. The molecule has 0 aliphatic carbocycles. The molecule has 1 fully saturated rings. The van der Waals surface area contributed by atoms with Crippen LogP contribution in [0.1, 0.15) is 37.6 Å². The normalized spacial score (nSPS) is 16.6. The second-order valence-electron chi connectivity index (χ2n) is 14.0. The van der Waals surface area contributed by atoms with Crippen molar-refractivity contribution in [2.45, 2.75) is 52.0 Å². The fourth-order valence-corrected chi connectivity index (χ4v) is 6.35. The third-order valence-electron chi connectivity index (χ3n) is 8.82. The number of benzene rings is 3. The Balaban J connectivity index is 1.29. The maximum atomic E-state index is 13.0. The molecule has 1 saturated heterocycles. The number of aromatic nitrogens is 2. The first kappa shape index (κ1) is 34.3. The van der Waals surface area contributed by atoms with Crippen LogP contribution >= 0.6 is 0 Å². The van der Waals surface area contributed by atoms with Crippen LogP contribution in [0.5, 0.6) is 11.8 Å². The van der Waals surface area contributed by atoms with Gasteiger partial charge in [0.1, 0.15) is 30.4 Å². The summed E-state index contributed by atoms with van der Waals surface area (Å²) < 4.78 is 18.1. The van der Waals surface area contributed by atoms with E-state index in [9.17, 15) is 9.90 Å². The summed E-state index contributed by atoms with van der Waals surface area (Å²) in [5.41, 5.74) is 3.56. The number of nitrogens with zero attached hydrogens (tertiary/aromatic N) is 6. The highest BCUT2D eigenvalue weighted by Gasteiger charge is 2.35. The summed E-state index contributed by atoms with van der Waals surface area (Å²) >= 11 is 0. The van der Waals surface area contributed by atoms with Crippen molar-refractivity contribution in [1.29, 1.82) is 0 Å². The number of piperazine rings is 1. The monoisotopic (exact) mass is 668 g/mol. The minimum Gasteiger partial charge on any atom is -0.489 e. The summed E-state index contributed by atoms with van der Waals surface area (Å²) in [5, 5.41) is 12.6. The van der Waals surface area contributed by atoms with Crippen LogP contribution in [0.4, 0.5) is 16.3 Å². The standard InChI is InChI=1S/C38H48N6O5/c1-38(2,3)49-37(46)44-18-17-43(23-29(44)25-45)35-32-15-16-42(24-33(32)39-36(40-35)47-20-19-41(4)5)34-22-30(21-28-13-9-10-14-31(28)34)48-26-27-11-7-6-8-12-27/h6-14,21-22,29,45H,15-20,23-26H2,1-5H3. The first-order valence-electron chi connectivity index (χ1n) is 17.0. The predicted octanol–water partition coefficient (Wildman–Crippen LogP) is 5.13. The van der Waals surface area contributed by atoms with E-state index in [1.54, 1.807) is 4.90 Å². The van der Waals surface area contributed by atoms with E-state index in [4.69, 9.17) is 24.2 Å². The molecule has 1 atom stereocenters. The van der Waals surface area contributed by atoms with E-state index in [0.29, 0.717) is 45.4 Å². The number of aliphatic hydroxyl groups excluding tert-OH is 1. The molecule has 49 heavy (non-hydrogen) atoms. The van der Waals surface area contributed by atoms with Crippen LogP contribution in [0.3, 0.4) is 0 Å². The highest BCUT2D eigenvalue weighted by Crippen LogP contribution is 2.37. The minimum absolute atomic E-state index is 0.182. The molecular weight excluding hydrogens is 620 g/mol. The van der Waals surface area contributed by atoms with E-state index in [0.717, 1.165) is 64.4 Å². The fraction of sp³-hybridized carbons (Fsp3) is 0.447. The Bertz CT molecular complexity index is 1740. The first-order chi connectivity index (χ1) is 23.6. The average molecular weight is 669 g/mol. The lowest BCUT2D eigenvalue weighted by Gasteiger charge is -2.42. The van der Waals surface area contributed by atoms with Gasteiger partial charge in [0, 0.05) is 55.4 Å². The van der Waals surface area contributed by atoms with E-state index < -0.39 is 17.7 Å². The van der Waals surface area contributed by atoms with Crippen molar-refractivity contribution in [3.05, 3.63) is 83.6 Å². The van der Waals surface area contributed by atoms with Crippen molar-refractivity contribution in [2.75, 3.05) is 69.8 Å².